The van der Waals surface area contributed by atoms with E-state index in [1.165, 1.54) is 64.2 Å². The van der Waals surface area contributed by atoms with E-state index in [2.05, 4.69) is 17.6 Å². The first-order valence-corrected chi connectivity index (χ1v) is 17.9. The van der Waals surface area contributed by atoms with Crippen molar-refractivity contribution in [2.24, 2.45) is 17.2 Å². The highest BCUT2D eigenvalue weighted by atomic mass is 16.2. The molecule has 1 fully saturated rings. The second-order valence-electron chi connectivity index (χ2n) is 12.7. The summed E-state index contributed by atoms with van der Waals surface area (Å²) in [6.07, 6.45) is 22.6. The Bertz CT molecular complexity index is 796. The van der Waals surface area contributed by atoms with Crippen LogP contribution in [-0.4, -0.2) is 66.3 Å². The highest BCUT2D eigenvalue weighted by Gasteiger charge is 2.38. The third-order valence-corrected chi connectivity index (χ3v) is 8.78. The molecular weight excluding hydrogens is 556 g/mol. The first kappa shape index (κ1) is 39.8. The van der Waals surface area contributed by atoms with Crippen molar-refractivity contribution >= 4 is 23.6 Å². The second kappa shape index (κ2) is 26.1. The maximum absolute atomic E-state index is 13.7. The number of nitrogens with one attached hydrogen (secondary N) is 2. The maximum Gasteiger partial charge on any atom is 0.245 e. The van der Waals surface area contributed by atoms with Crippen LogP contribution >= 0.6 is 0 Å². The van der Waals surface area contributed by atoms with Crippen molar-refractivity contribution in [3.8, 4) is 0 Å². The lowest BCUT2D eigenvalue weighted by Gasteiger charge is -2.29. The summed E-state index contributed by atoms with van der Waals surface area (Å²) in [4.78, 5) is 53.2. The molecule has 4 amide bonds. The Labute approximate surface area is 267 Å². The van der Waals surface area contributed by atoms with E-state index in [0.29, 0.717) is 58.2 Å². The molecule has 0 radical (unpaired) electrons. The molecule has 0 aromatic carbocycles. The van der Waals surface area contributed by atoms with E-state index in [0.717, 1.165) is 44.9 Å². The Balaban J connectivity index is 2.52. The molecule has 0 spiro atoms. The Morgan fingerprint density at radius 1 is 0.682 bits per heavy atom. The van der Waals surface area contributed by atoms with Crippen LogP contribution in [0.1, 0.15) is 155 Å². The van der Waals surface area contributed by atoms with Gasteiger partial charge in [0.1, 0.15) is 18.1 Å². The van der Waals surface area contributed by atoms with Gasteiger partial charge in [0.2, 0.25) is 23.6 Å². The SMILES string of the molecule is CCCCCCCCCCCCCCCC(=O)N[C@@H](CCCCCN)C(=O)N1CCC[C@H]1C(=O)N[C@@H](CCCCN)C(N)=O. The third kappa shape index (κ3) is 17.9. The van der Waals surface area contributed by atoms with Crippen molar-refractivity contribution in [1.29, 1.82) is 0 Å². The summed E-state index contributed by atoms with van der Waals surface area (Å²) in [7, 11) is 0. The van der Waals surface area contributed by atoms with Gasteiger partial charge in [-0.2, -0.15) is 0 Å². The number of unbranched alkanes of at least 4 members (excludes halogenated alkanes) is 15. The van der Waals surface area contributed by atoms with E-state index in [-0.39, 0.29) is 17.7 Å². The predicted octanol–water partition coefficient (Wildman–Crippen LogP) is 4.56. The van der Waals surface area contributed by atoms with Crippen molar-refractivity contribution < 1.29 is 19.2 Å². The van der Waals surface area contributed by atoms with Crippen molar-refractivity contribution in [3.05, 3.63) is 0 Å². The molecule has 1 saturated heterocycles. The molecule has 10 nitrogen and oxygen atoms in total. The van der Waals surface area contributed by atoms with Crippen molar-refractivity contribution in [1.82, 2.24) is 15.5 Å². The van der Waals surface area contributed by atoms with Crippen LogP contribution < -0.4 is 27.8 Å². The van der Waals surface area contributed by atoms with E-state index < -0.39 is 24.0 Å². The molecule has 0 unspecified atom stereocenters. The zero-order valence-corrected chi connectivity index (χ0v) is 27.9. The fraction of sp³-hybridized carbons (Fsp3) is 0.882. The largest absolute Gasteiger partial charge is 0.368 e. The number of hydrogen-bond donors (Lipinski definition) is 5. The smallest absolute Gasteiger partial charge is 0.245 e. The van der Waals surface area contributed by atoms with E-state index in [1.54, 1.807) is 4.90 Å². The fourth-order valence-corrected chi connectivity index (χ4v) is 6.05. The molecule has 1 aliphatic rings. The Hall–Kier alpha value is -2.20. The first-order chi connectivity index (χ1) is 21.3. The van der Waals surface area contributed by atoms with Crippen LogP contribution in [-0.2, 0) is 19.2 Å². The molecule has 44 heavy (non-hydrogen) atoms. The average Bonchev–Trinajstić information content (AvgIpc) is 3.50. The van der Waals surface area contributed by atoms with Gasteiger partial charge in [0.05, 0.1) is 0 Å². The fourth-order valence-electron chi connectivity index (χ4n) is 6.05. The molecular formula is C34H66N6O4. The minimum atomic E-state index is -0.793. The molecule has 1 heterocycles. The third-order valence-electron chi connectivity index (χ3n) is 8.78. The quantitative estimate of drug-likeness (QED) is 0.0800. The summed E-state index contributed by atoms with van der Waals surface area (Å²) in [5.41, 5.74) is 16.7. The minimum Gasteiger partial charge on any atom is -0.368 e. The highest BCUT2D eigenvalue weighted by Crippen LogP contribution is 2.21. The molecule has 0 saturated carbocycles. The van der Waals surface area contributed by atoms with Crippen molar-refractivity contribution in [2.45, 2.75) is 173 Å². The zero-order valence-electron chi connectivity index (χ0n) is 27.9. The molecule has 256 valence electrons. The van der Waals surface area contributed by atoms with Gasteiger partial charge in [0, 0.05) is 13.0 Å². The van der Waals surface area contributed by atoms with Gasteiger partial charge in [-0.25, -0.2) is 0 Å². The summed E-state index contributed by atoms with van der Waals surface area (Å²) < 4.78 is 0. The molecule has 0 aromatic rings. The Morgan fingerprint density at radius 3 is 1.75 bits per heavy atom. The minimum absolute atomic E-state index is 0.112. The van der Waals surface area contributed by atoms with Crippen LogP contribution in [0, 0.1) is 0 Å². The van der Waals surface area contributed by atoms with Gasteiger partial charge >= 0.3 is 0 Å². The molecule has 1 aliphatic heterocycles. The zero-order chi connectivity index (χ0) is 32.4. The number of nitrogens with two attached hydrogens (primary N) is 3. The van der Waals surface area contributed by atoms with Gasteiger partial charge in [-0.05, 0) is 64.5 Å². The molecule has 0 aliphatic carbocycles. The molecule has 10 heteroatoms. The van der Waals surface area contributed by atoms with Crippen LogP contribution in [0.2, 0.25) is 0 Å². The van der Waals surface area contributed by atoms with Crippen LogP contribution in [0.5, 0.6) is 0 Å². The highest BCUT2D eigenvalue weighted by molar-refractivity contribution is 5.94. The summed E-state index contributed by atoms with van der Waals surface area (Å²) in [5, 5.41) is 5.75. The average molecular weight is 623 g/mol. The van der Waals surface area contributed by atoms with Gasteiger partial charge in [-0.15, -0.1) is 0 Å². The number of likely N-dealkylation sites (tertiary alicyclic amines) is 1. The van der Waals surface area contributed by atoms with Gasteiger partial charge in [-0.3, -0.25) is 19.2 Å². The molecule has 1 rings (SSSR count). The number of carbonyl (C=O) groups excluding carboxylic acids is 4. The van der Waals surface area contributed by atoms with Crippen molar-refractivity contribution in [2.75, 3.05) is 19.6 Å². The van der Waals surface area contributed by atoms with Crippen LogP contribution in [0.3, 0.4) is 0 Å². The number of primary amides is 1. The van der Waals surface area contributed by atoms with Crippen molar-refractivity contribution in [3.63, 3.8) is 0 Å². The van der Waals surface area contributed by atoms with E-state index >= 15 is 0 Å². The van der Waals surface area contributed by atoms with E-state index in [1.807, 2.05) is 0 Å². The number of carbonyl (C=O) groups is 4. The van der Waals surface area contributed by atoms with Gasteiger partial charge in [0.25, 0.3) is 0 Å². The standard InChI is InChI=1S/C34H66N6O4/c1-2-3-4-5-6-7-8-9-10-11-12-13-16-24-31(41)38-29(22-15-14-18-25-35)34(44)40-27-20-23-30(40)33(43)39-28(32(37)42)21-17-19-26-36/h28-30H,2-27,35-36H2,1H3,(H2,37,42)(H,38,41)(H,39,43)/t28-,29-,30-/m0/s1. The number of amides is 4. The molecule has 8 N–H and O–H groups in total. The van der Waals surface area contributed by atoms with Crippen LogP contribution in [0.25, 0.3) is 0 Å². The summed E-state index contributed by atoms with van der Waals surface area (Å²) in [6.45, 7) is 3.79. The van der Waals surface area contributed by atoms with Gasteiger partial charge in [-0.1, -0.05) is 96.8 Å². The maximum atomic E-state index is 13.7. The van der Waals surface area contributed by atoms with Gasteiger partial charge in [0.15, 0.2) is 0 Å². The summed E-state index contributed by atoms with van der Waals surface area (Å²) in [5.74, 6) is -1.30. The van der Waals surface area contributed by atoms with Crippen LogP contribution in [0.4, 0.5) is 0 Å². The molecule has 3 atom stereocenters. The lowest BCUT2D eigenvalue weighted by Crippen LogP contribution is -2.55. The van der Waals surface area contributed by atoms with E-state index in [4.69, 9.17) is 17.2 Å². The molecule has 0 aromatic heterocycles. The predicted molar refractivity (Wildman–Crippen MR) is 179 cm³/mol. The molecule has 0 bridgehead atoms. The number of hydrogen-bond acceptors (Lipinski definition) is 6. The van der Waals surface area contributed by atoms with Crippen LogP contribution in [0.15, 0.2) is 0 Å². The summed E-state index contributed by atoms with van der Waals surface area (Å²) >= 11 is 0. The second-order valence-corrected chi connectivity index (χ2v) is 12.7. The summed E-state index contributed by atoms with van der Waals surface area (Å²) in [6, 6.07) is -2.14. The first-order valence-electron chi connectivity index (χ1n) is 17.9. The number of nitrogens with zero attached hydrogens (tertiary/aromatic N) is 1. The monoisotopic (exact) mass is 623 g/mol. The van der Waals surface area contributed by atoms with E-state index in [9.17, 15) is 19.2 Å². The normalized spacial score (nSPS) is 16.1. The lowest BCUT2D eigenvalue weighted by atomic mass is 10.0. The Kier molecular flexibility index (Phi) is 23.6. The van der Waals surface area contributed by atoms with Gasteiger partial charge < -0.3 is 32.7 Å². The topological polar surface area (TPSA) is 174 Å². The lowest BCUT2D eigenvalue weighted by molar-refractivity contribution is -0.142. The number of rotatable bonds is 28. The Morgan fingerprint density at radius 2 is 1.18 bits per heavy atom.